The third kappa shape index (κ3) is 3.11. The van der Waals surface area contributed by atoms with Crippen molar-refractivity contribution in [1.29, 1.82) is 0 Å². The number of halogens is 1. The van der Waals surface area contributed by atoms with Crippen LogP contribution in [-0.4, -0.2) is 26.5 Å². The summed E-state index contributed by atoms with van der Waals surface area (Å²) < 4.78 is 5.99. The Morgan fingerprint density at radius 1 is 1.58 bits per heavy atom. The average Bonchev–Trinajstić information content (AvgIpc) is 2.90. The molecule has 2 rings (SSSR count). The van der Waals surface area contributed by atoms with Crippen molar-refractivity contribution in [3.05, 3.63) is 33.8 Å². The van der Waals surface area contributed by atoms with Crippen LogP contribution >= 0.6 is 11.6 Å². The molecule has 0 aliphatic heterocycles. The van der Waals surface area contributed by atoms with Gasteiger partial charge in [0.1, 0.15) is 12.2 Å². The van der Waals surface area contributed by atoms with Gasteiger partial charge in [0.15, 0.2) is 6.33 Å². The predicted molar refractivity (Wildman–Crippen MR) is 68.8 cm³/mol. The Labute approximate surface area is 113 Å². The minimum atomic E-state index is -0.365. The van der Waals surface area contributed by atoms with Gasteiger partial charge in [-0.3, -0.25) is 4.79 Å². The molecule has 0 aliphatic rings. The summed E-state index contributed by atoms with van der Waals surface area (Å²) in [6.07, 6.45) is 8.32. The highest BCUT2D eigenvalue weighted by atomic mass is 35.5. The molecule has 0 saturated heterocycles. The van der Waals surface area contributed by atoms with Crippen molar-refractivity contribution in [3.8, 4) is 12.3 Å². The van der Waals surface area contributed by atoms with Crippen LogP contribution in [0.3, 0.4) is 0 Å². The molecule has 0 aromatic carbocycles. The van der Waals surface area contributed by atoms with Crippen LogP contribution in [0.1, 0.15) is 5.89 Å². The summed E-state index contributed by atoms with van der Waals surface area (Å²) in [7, 11) is 0. The third-order valence-corrected chi connectivity index (χ3v) is 2.57. The van der Waals surface area contributed by atoms with E-state index in [2.05, 4.69) is 26.5 Å². The Morgan fingerprint density at radius 2 is 2.42 bits per heavy atom. The fourth-order valence-corrected chi connectivity index (χ4v) is 1.62. The lowest BCUT2D eigenvalue weighted by atomic mass is 10.4. The Balaban J connectivity index is 2.09. The summed E-state index contributed by atoms with van der Waals surface area (Å²) in [5.41, 5.74) is -0.109. The van der Waals surface area contributed by atoms with Crippen molar-refractivity contribution < 1.29 is 4.52 Å². The van der Waals surface area contributed by atoms with Gasteiger partial charge in [-0.1, -0.05) is 22.7 Å². The largest absolute Gasteiger partial charge is 0.379 e. The van der Waals surface area contributed by atoms with Crippen LogP contribution in [0.2, 0.25) is 5.02 Å². The SMILES string of the molecule is C#CCn1ncc(Cl)c(NCCc2ncno2)c1=O. The molecule has 1 N–H and O–H groups in total. The summed E-state index contributed by atoms with van der Waals surface area (Å²) in [5.74, 6) is 2.82. The van der Waals surface area contributed by atoms with Crippen LogP contribution < -0.4 is 10.9 Å². The Morgan fingerprint density at radius 3 is 3.11 bits per heavy atom. The van der Waals surface area contributed by atoms with Crippen LogP contribution in [0.25, 0.3) is 0 Å². The van der Waals surface area contributed by atoms with Crippen LogP contribution in [0.15, 0.2) is 21.8 Å². The molecular weight excluding hydrogens is 270 g/mol. The van der Waals surface area contributed by atoms with E-state index in [0.29, 0.717) is 18.9 Å². The van der Waals surface area contributed by atoms with E-state index in [1.165, 1.54) is 12.5 Å². The summed E-state index contributed by atoms with van der Waals surface area (Å²) in [4.78, 5) is 15.8. The number of hydrogen-bond acceptors (Lipinski definition) is 6. The first-order chi connectivity index (χ1) is 9.22. The van der Waals surface area contributed by atoms with Gasteiger partial charge in [-0.2, -0.15) is 10.1 Å². The van der Waals surface area contributed by atoms with Crippen molar-refractivity contribution in [2.45, 2.75) is 13.0 Å². The number of rotatable bonds is 5. The smallest absolute Gasteiger partial charge is 0.292 e. The van der Waals surface area contributed by atoms with E-state index in [4.69, 9.17) is 22.5 Å². The molecule has 0 radical (unpaired) electrons. The van der Waals surface area contributed by atoms with Crippen molar-refractivity contribution in [1.82, 2.24) is 19.9 Å². The topological polar surface area (TPSA) is 85.8 Å². The van der Waals surface area contributed by atoms with E-state index in [0.717, 1.165) is 4.68 Å². The second-order valence-electron chi connectivity index (χ2n) is 3.55. The lowest BCUT2D eigenvalue weighted by Gasteiger charge is -2.08. The molecule has 2 aromatic rings. The van der Waals surface area contributed by atoms with Crippen molar-refractivity contribution in [2.24, 2.45) is 0 Å². The number of nitrogens with one attached hydrogen (secondary N) is 1. The molecule has 0 aliphatic carbocycles. The molecule has 0 atom stereocenters. The molecule has 0 saturated carbocycles. The van der Waals surface area contributed by atoms with Gasteiger partial charge in [-0.25, -0.2) is 4.68 Å². The molecule has 0 fully saturated rings. The van der Waals surface area contributed by atoms with E-state index in [1.807, 2.05) is 0 Å². The van der Waals surface area contributed by atoms with E-state index >= 15 is 0 Å². The fraction of sp³-hybridized carbons (Fsp3) is 0.273. The lowest BCUT2D eigenvalue weighted by Crippen LogP contribution is -2.26. The number of nitrogens with zero attached hydrogens (tertiary/aromatic N) is 4. The predicted octanol–water partition coefficient (Wildman–Crippen LogP) is 0.567. The average molecular weight is 280 g/mol. The first-order valence-corrected chi connectivity index (χ1v) is 5.78. The third-order valence-electron chi connectivity index (χ3n) is 2.29. The molecule has 0 unspecified atom stereocenters. The maximum atomic E-state index is 12.0. The summed E-state index contributed by atoms with van der Waals surface area (Å²) >= 11 is 5.92. The minimum Gasteiger partial charge on any atom is -0.379 e. The maximum Gasteiger partial charge on any atom is 0.292 e. The molecule has 7 nitrogen and oxygen atoms in total. The van der Waals surface area contributed by atoms with Gasteiger partial charge in [-0.05, 0) is 0 Å². The molecule has 19 heavy (non-hydrogen) atoms. The number of hydrogen-bond donors (Lipinski definition) is 1. The highest BCUT2D eigenvalue weighted by Crippen LogP contribution is 2.14. The normalized spacial score (nSPS) is 10.1. The van der Waals surface area contributed by atoms with E-state index in [1.54, 1.807) is 0 Å². The standard InChI is InChI=1S/C11H10ClN5O2/c1-2-5-17-11(18)10(8(12)6-15-17)13-4-3-9-14-7-16-19-9/h1,6-7,13H,3-5H2. The second-order valence-corrected chi connectivity index (χ2v) is 3.95. The van der Waals surface area contributed by atoms with Crippen LogP contribution in [0.4, 0.5) is 5.69 Å². The van der Waals surface area contributed by atoms with Gasteiger partial charge in [0.05, 0.1) is 11.2 Å². The molecule has 2 aromatic heterocycles. The zero-order chi connectivity index (χ0) is 13.7. The number of anilines is 1. The molecule has 0 amide bonds. The van der Waals surface area contributed by atoms with Gasteiger partial charge < -0.3 is 9.84 Å². The quantitative estimate of drug-likeness (QED) is 0.805. The highest BCUT2D eigenvalue weighted by Gasteiger charge is 2.09. The molecule has 8 heteroatoms. The minimum absolute atomic E-state index is 0.0916. The number of aromatic nitrogens is 4. The lowest BCUT2D eigenvalue weighted by molar-refractivity contribution is 0.379. The summed E-state index contributed by atoms with van der Waals surface area (Å²) in [6.45, 7) is 0.519. The van der Waals surface area contributed by atoms with Crippen molar-refractivity contribution >= 4 is 17.3 Å². The Bertz CT molecular complexity index is 644. The van der Waals surface area contributed by atoms with Crippen LogP contribution in [0.5, 0.6) is 0 Å². The first-order valence-electron chi connectivity index (χ1n) is 5.41. The Kier molecular flexibility index (Phi) is 4.15. The summed E-state index contributed by atoms with van der Waals surface area (Å²) in [5, 5.41) is 10.5. The second kappa shape index (κ2) is 6.02. The van der Waals surface area contributed by atoms with Crippen LogP contribution in [0, 0.1) is 12.3 Å². The molecule has 98 valence electrons. The number of terminal acetylenes is 1. The fourth-order valence-electron chi connectivity index (χ4n) is 1.43. The highest BCUT2D eigenvalue weighted by molar-refractivity contribution is 6.32. The van der Waals surface area contributed by atoms with E-state index < -0.39 is 0 Å². The maximum absolute atomic E-state index is 12.0. The van der Waals surface area contributed by atoms with Crippen LogP contribution in [-0.2, 0) is 13.0 Å². The zero-order valence-electron chi connectivity index (χ0n) is 9.84. The van der Waals surface area contributed by atoms with Gasteiger partial charge in [0, 0.05) is 13.0 Å². The monoisotopic (exact) mass is 279 g/mol. The van der Waals surface area contributed by atoms with Gasteiger partial charge >= 0.3 is 0 Å². The molecule has 2 heterocycles. The van der Waals surface area contributed by atoms with Crippen molar-refractivity contribution in [2.75, 3.05) is 11.9 Å². The summed E-state index contributed by atoms with van der Waals surface area (Å²) in [6, 6.07) is 0. The molecular formula is C11H10ClN5O2. The molecule has 0 spiro atoms. The Hall–Kier alpha value is -2.33. The van der Waals surface area contributed by atoms with E-state index in [-0.39, 0.29) is 22.8 Å². The van der Waals surface area contributed by atoms with Gasteiger partial charge in [0.25, 0.3) is 5.56 Å². The van der Waals surface area contributed by atoms with Gasteiger partial charge in [-0.15, -0.1) is 6.42 Å². The van der Waals surface area contributed by atoms with E-state index in [9.17, 15) is 4.79 Å². The zero-order valence-corrected chi connectivity index (χ0v) is 10.6. The van der Waals surface area contributed by atoms with Gasteiger partial charge in [0.2, 0.25) is 5.89 Å². The molecule has 0 bridgehead atoms. The first kappa shape index (κ1) is 13.1. The van der Waals surface area contributed by atoms with Crippen molar-refractivity contribution in [3.63, 3.8) is 0 Å².